The van der Waals surface area contributed by atoms with E-state index in [0.29, 0.717) is 80.2 Å². The number of halogens is 2. The van der Waals surface area contributed by atoms with Crippen LogP contribution in [0.2, 0.25) is 0 Å². The standard InChI is InChI=1S/C15H17N5O.C13H13F2N5O2.C13H13N7O.C13H13N5O3/c1-21-19-8-13-14(16)17-9-18-15(13)20-12-6-5-10-3-2-4-11(10)7-12;1-21-19-6-10-11(16)17-7-18-12(10)20-8-2-4-9(5-3-8)22-13(14)15;1-21-18-6-10-12(14)15-7-16-13(10)19-9-2-3-11-8(4-9)5-17-20-11;1-19-17-5-9-12(14)15-6-16-13(9)18-8-2-3-10-11(4-8)21-7-20-10/h5-9H,2-4H2,1H3,(H3,16,17,18,20);2-7,13H,1H3,(H3,16,17,18,20);2-7H,1H3,(H,17,20)(H3,14,15,16,19);2-6H,7H2,1H3,(H3,14,15,16,18)/b19-8+;19-6+;18-6+;17-5+. The molecule has 85 heavy (non-hydrogen) atoms. The van der Waals surface area contributed by atoms with E-state index in [0.717, 1.165) is 34.4 Å². The summed E-state index contributed by atoms with van der Waals surface area (Å²) < 4.78 is 39.0. The normalized spacial score (nSPS) is 12.0. The maximum atomic E-state index is 12.1. The van der Waals surface area contributed by atoms with E-state index in [9.17, 15) is 8.78 Å². The highest BCUT2D eigenvalue weighted by Crippen LogP contribution is 2.36. The molecule has 0 bridgehead atoms. The van der Waals surface area contributed by atoms with Crippen LogP contribution in [-0.2, 0) is 32.2 Å². The van der Waals surface area contributed by atoms with E-state index in [1.807, 2.05) is 36.4 Å². The van der Waals surface area contributed by atoms with Crippen LogP contribution in [0.15, 0.2) is 131 Å². The minimum absolute atomic E-state index is 0.0592. The van der Waals surface area contributed by atoms with E-state index in [-0.39, 0.29) is 18.4 Å². The number of benzene rings is 4. The van der Waals surface area contributed by atoms with Gasteiger partial charge in [0.2, 0.25) is 6.79 Å². The predicted octanol–water partition coefficient (Wildman–Crippen LogP) is 7.83. The maximum absolute atomic E-state index is 12.1. The zero-order valence-electron chi connectivity index (χ0n) is 45.8. The highest BCUT2D eigenvalue weighted by molar-refractivity contribution is 5.95. The van der Waals surface area contributed by atoms with Gasteiger partial charge >= 0.3 is 6.61 Å². The smallest absolute Gasteiger partial charge is 0.387 e. The lowest BCUT2D eigenvalue weighted by molar-refractivity contribution is -0.0498. The second-order valence-electron chi connectivity index (χ2n) is 17.2. The topological polar surface area (TPSA) is 398 Å². The van der Waals surface area contributed by atoms with Crippen LogP contribution in [0.3, 0.4) is 0 Å². The van der Waals surface area contributed by atoms with Gasteiger partial charge in [0.25, 0.3) is 0 Å². The fourth-order valence-electron chi connectivity index (χ4n) is 7.88. The molecule has 0 fully saturated rings. The molecular weight excluding hydrogens is 1110 g/mol. The van der Waals surface area contributed by atoms with Crippen molar-refractivity contribution in [1.29, 1.82) is 0 Å². The van der Waals surface area contributed by atoms with Gasteiger partial charge in [-0.05, 0) is 97.1 Å². The molecule has 9 aromatic rings. The first-order chi connectivity index (χ1) is 41.4. The molecule has 0 saturated heterocycles. The van der Waals surface area contributed by atoms with Crippen molar-refractivity contribution in [1.82, 2.24) is 50.1 Å². The molecule has 6 heterocycles. The second-order valence-corrected chi connectivity index (χ2v) is 17.2. The second kappa shape index (κ2) is 29.6. The van der Waals surface area contributed by atoms with E-state index in [1.165, 1.54) is 115 Å². The van der Waals surface area contributed by atoms with Crippen molar-refractivity contribution in [2.24, 2.45) is 20.6 Å². The van der Waals surface area contributed by atoms with Crippen LogP contribution < -0.4 is 58.4 Å². The Morgan fingerprint density at radius 2 is 0.929 bits per heavy atom. The summed E-state index contributed by atoms with van der Waals surface area (Å²) in [6.07, 6.45) is 16.5. The van der Waals surface area contributed by atoms with Gasteiger partial charge in [-0.2, -0.15) is 13.9 Å². The summed E-state index contributed by atoms with van der Waals surface area (Å²) in [4.78, 5) is 51.0. The summed E-state index contributed by atoms with van der Waals surface area (Å²) in [5.41, 5.74) is 32.5. The molecule has 438 valence electrons. The number of nitrogen functional groups attached to an aromatic ring is 4. The number of nitrogens with zero attached hydrogens (tertiary/aromatic N) is 13. The molecule has 5 aromatic heterocycles. The molecule has 0 radical (unpaired) electrons. The highest BCUT2D eigenvalue weighted by atomic mass is 19.3. The molecule has 0 atom stereocenters. The third-order valence-electron chi connectivity index (χ3n) is 11.8. The first-order valence-electron chi connectivity index (χ1n) is 25.2. The van der Waals surface area contributed by atoms with E-state index in [2.05, 4.69) is 129 Å². The fourth-order valence-corrected chi connectivity index (χ4v) is 7.88. The van der Waals surface area contributed by atoms with Crippen LogP contribution in [0.1, 0.15) is 39.8 Å². The molecule has 0 saturated carbocycles. The molecule has 4 aromatic carbocycles. The minimum Gasteiger partial charge on any atom is -0.454 e. The number of hydrogen-bond acceptors (Lipinski definition) is 28. The molecule has 29 nitrogen and oxygen atoms in total. The summed E-state index contributed by atoms with van der Waals surface area (Å²) >= 11 is 0. The number of ether oxygens (including phenoxy) is 3. The van der Waals surface area contributed by atoms with Gasteiger partial charge in [-0.25, -0.2) is 39.9 Å². The van der Waals surface area contributed by atoms with Crippen LogP contribution in [0.25, 0.3) is 10.9 Å². The molecule has 13 N–H and O–H groups in total. The van der Waals surface area contributed by atoms with Crippen molar-refractivity contribution in [2.45, 2.75) is 25.9 Å². The molecule has 0 spiro atoms. The zero-order valence-corrected chi connectivity index (χ0v) is 45.8. The molecule has 1 aliphatic heterocycles. The Balaban J connectivity index is 0.000000148. The van der Waals surface area contributed by atoms with Crippen LogP contribution in [0.4, 0.5) is 78.1 Å². The third kappa shape index (κ3) is 16.4. The minimum atomic E-state index is -2.86. The SMILES string of the molecule is CO/N=C/c1c(N)ncnc1Nc1ccc(OC(F)F)cc1.CO/N=C/c1c(N)ncnc1Nc1ccc2[nH]ncc2c1.CO/N=C/c1c(N)ncnc1Nc1ccc2c(c1)CCC2.CO/N=C/c1c(N)ncnc1Nc1ccc2c(c1)OCO2. The Morgan fingerprint density at radius 1 is 0.506 bits per heavy atom. The molecule has 11 rings (SSSR count). The number of nitrogens with one attached hydrogen (secondary N) is 5. The van der Waals surface area contributed by atoms with Crippen molar-refractivity contribution in [3.8, 4) is 17.2 Å². The first-order valence-corrected chi connectivity index (χ1v) is 25.2. The average Bonchev–Trinajstić information content (AvgIpc) is 4.47. The van der Waals surface area contributed by atoms with Crippen molar-refractivity contribution in [3.05, 3.63) is 144 Å². The largest absolute Gasteiger partial charge is 0.454 e. The monoisotopic (exact) mass is 1160 g/mol. The van der Waals surface area contributed by atoms with Crippen molar-refractivity contribution >= 4 is 105 Å². The van der Waals surface area contributed by atoms with Gasteiger partial charge in [-0.15, -0.1) is 0 Å². The Morgan fingerprint density at radius 3 is 1.42 bits per heavy atom. The van der Waals surface area contributed by atoms with Gasteiger partial charge in [-0.3, -0.25) is 5.10 Å². The number of H-pyrrole nitrogens is 1. The average molecular weight is 1160 g/mol. The van der Waals surface area contributed by atoms with E-state index in [4.69, 9.17) is 37.2 Å². The Bertz CT molecular complexity index is 3680. The van der Waals surface area contributed by atoms with Gasteiger partial charge in [-0.1, -0.05) is 26.7 Å². The number of anilines is 12. The van der Waals surface area contributed by atoms with Crippen LogP contribution in [0.5, 0.6) is 17.2 Å². The first kappa shape index (κ1) is 59.3. The Hall–Kier alpha value is -11.8. The third-order valence-corrected chi connectivity index (χ3v) is 11.8. The number of aromatic amines is 1. The number of aromatic nitrogens is 10. The number of hydrogen-bond donors (Lipinski definition) is 9. The van der Waals surface area contributed by atoms with Gasteiger partial charge in [0.05, 0.1) is 58.8 Å². The molecule has 31 heteroatoms. The van der Waals surface area contributed by atoms with Gasteiger partial charge in [0.15, 0.2) is 11.5 Å². The lowest BCUT2D eigenvalue weighted by atomic mass is 10.1. The summed E-state index contributed by atoms with van der Waals surface area (Å²) in [7, 11) is 5.77. The lowest BCUT2D eigenvalue weighted by Gasteiger charge is -2.10. The van der Waals surface area contributed by atoms with Crippen LogP contribution in [-0.4, -0.2) is 117 Å². The Labute approximate surface area is 482 Å². The summed E-state index contributed by atoms with van der Waals surface area (Å²) in [5.74, 6) is 4.71. The number of rotatable bonds is 18. The predicted molar refractivity (Wildman–Crippen MR) is 318 cm³/mol. The summed E-state index contributed by atoms with van der Waals surface area (Å²) in [5, 5.41) is 35.2. The number of fused-ring (bicyclic) bond motifs is 3. The zero-order chi connectivity index (χ0) is 59.9. The maximum Gasteiger partial charge on any atom is 0.387 e. The van der Waals surface area contributed by atoms with Gasteiger partial charge in [0, 0.05) is 34.2 Å². The quantitative estimate of drug-likeness (QED) is 0.0292. The number of nitrogens with two attached hydrogens (primary N) is 4. The lowest BCUT2D eigenvalue weighted by Crippen LogP contribution is -2.05. The molecule has 0 unspecified atom stereocenters. The summed E-state index contributed by atoms with van der Waals surface area (Å²) in [6.45, 7) is -2.64. The molecular formula is C54H56F2N22O7. The van der Waals surface area contributed by atoms with E-state index < -0.39 is 6.61 Å². The van der Waals surface area contributed by atoms with Crippen molar-refractivity contribution in [2.75, 3.05) is 79.4 Å². The fraction of sp³-hybridized carbons (Fsp3) is 0.167. The van der Waals surface area contributed by atoms with Crippen molar-refractivity contribution in [3.63, 3.8) is 0 Å². The van der Waals surface area contributed by atoms with E-state index in [1.54, 1.807) is 18.3 Å². The molecule has 2 aliphatic rings. The van der Waals surface area contributed by atoms with Crippen molar-refractivity contribution < 1.29 is 42.3 Å². The van der Waals surface area contributed by atoms with Gasteiger partial charge in [0.1, 0.15) is 106 Å². The molecule has 1 aliphatic carbocycles. The van der Waals surface area contributed by atoms with Gasteiger partial charge < -0.3 is 77.8 Å². The van der Waals surface area contributed by atoms with Crippen LogP contribution >= 0.6 is 0 Å². The number of alkyl halides is 2. The van der Waals surface area contributed by atoms with Crippen LogP contribution in [0, 0.1) is 0 Å². The number of aryl methyl sites for hydroxylation is 2. The highest BCUT2D eigenvalue weighted by Gasteiger charge is 2.17. The number of oxime groups is 4. The summed E-state index contributed by atoms with van der Waals surface area (Å²) in [6, 6.07) is 23.6. The molecule has 0 amide bonds. The van der Waals surface area contributed by atoms with E-state index >= 15 is 0 Å². The Kier molecular flexibility index (Phi) is 20.7.